The van der Waals surface area contributed by atoms with Crippen molar-refractivity contribution in [1.82, 2.24) is 29.4 Å². The van der Waals surface area contributed by atoms with Crippen LogP contribution in [0.25, 0.3) is 11.0 Å². The van der Waals surface area contributed by atoms with Gasteiger partial charge in [0.15, 0.2) is 5.82 Å². The Hall–Kier alpha value is -3.43. The molecule has 3 N–H and O–H groups in total. The van der Waals surface area contributed by atoms with Gasteiger partial charge in [0, 0.05) is 19.8 Å². The zero-order valence-electron chi connectivity index (χ0n) is 14.1. The number of nitrogens with one attached hydrogen (secondary N) is 1. The van der Waals surface area contributed by atoms with E-state index in [0.717, 1.165) is 0 Å². The van der Waals surface area contributed by atoms with E-state index < -0.39 is 0 Å². The Balaban J connectivity index is 1.80. The maximum Gasteiger partial charge on any atom is 0.322 e. The molecule has 10 heteroatoms. The smallest absolute Gasteiger partial charge is 0.322 e. The van der Waals surface area contributed by atoms with Crippen LogP contribution in [0.1, 0.15) is 10.6 Å². The van der Waals surface area contributed by atoms with Crippen molar-refractivity contribution in [3.63, 3.8) is 0 Å². The van der Waals surface area contributed by atoms with Crippen LogP contribution in [0.3, 0.4) is 0 Å². The first-order valence-corrected chi connectivity index (χ1v) is 7.51. The molecule has 0 saturated heterocycles. The van der Waals surface area contributed by atoms with Crippen molar-refractivity contribution in [2.75, 3.05) is 25.1 Å². The number of aromatic nitrogens is 5. The van der Waals surface area contributed by atoms with Crippen molar-refractivity contribution in [1.29, 1.82) is 0 Å². The van der Waals surface area contributed by atoms with Crippen LogP contribution in [-0.4, -0.2) is 55.5 Å². The molecule has 0 aliphatic rings. The molecule has 0 aliphatic heterocycles. The summed E-state index contributed by atoms with van der Waals surface area (Å²) in [6.07, 6.45) is 1.38. The van der Waals surface area contributed by atoms with Gasteiger partial charge in [0.05, 0.1) is 17.2 Å². The van der Waals surface area contributed by atoms with Gasteiger partial charge in [0.25, 0.3) is 5.91 Å². The lowest BCUT2D eigenvalue weighted by Crippen LogP contribution is -2.27. The van der Waals surface area contributed by atoms with E-state index in [1.54, 1.807) is 39.2 Å². The van der Waals surface area contributed by atoms with E-state index in [4.69, 9.17) is 5.73 Å². The number of aryl methyl sites for hydroxylation is 1. The highest BCUT2D eigenvalue weighted by molar-refractivity contribution is 5.92. The van der Waals surface area contributed by atoms with Gasteiger partial charge in [0.1, 0.15) is 12.4 Å². The third-order valence-electron chi connectivity index (χ3n) is 3.55. The van der Waals surface area contributed by atoms with Gasteiger partial charge >= 0.3 is 6.03 Å². The van der Waals surface area contributed by atoms with Crippen molar-refractivity contribution in [3.8, 4) is 0 Å². The summed E-state index contributed by atoms with van der Waals surface area (Å²) in [5, 5.41) is 10.6. The van der Waals surface area contributed by atoms with Crippen LogP contribution in [-0.2, 0) is 6.54 Å². The Morgan fingerprint density at radius 1 is 1.32 bits per heavy atom. The topological polar surface area (TPSA) is 124 Å². The largest absolute Gasteiger partial charge is 0.399 e. The lowest BCUT2D eigenvalue weighted by molar-refractivity contribution is 0.0883. The van der Waals surface area contributed by atoms with Gasteiger partial charge < -0.3 is 10.6 Å². The number of amides is 2. The number of fused-ring (bicyclic) bond motifs is 1. The predicted molar refractivity (Wildman–Crippen MR) is 92.2 cm³/mol. The molecule has 2 heterocycles. The standard InChI is InChI=1S/C15H18N8O2/c1-9-18-11-6-10(16)4-5-12(11)23(9)14(24)8-22-17-7-13(20-22)19-15(25)21(2)3/h4-7H,8,16H2,1-3H3,(H,19,20,25). The molecule has 2 amide bonds. The second kappa shape index (κ2) is 6.23. The van der Waals surface area contributed by atoms with Crippen molar-refractivity contribution in [2.45, 2.75) is 13.5 Å². The molecule has 0 aliphatic carbocycles. The van der Waals surface area contributed by atoms with Crippen LogP contribution in [0.4, 0.5) is 16.3 Å². The van der Waals surface area contributed by atoms with Gasteiger partial charge in [-0.25, -0.2) is 9.78 Å². The van der Waals surface area contributed by atoms with Gasteiger partial charge in [-0.3, -0.25) is 14.7 Å². The average Bonchev–Trinajstić information content (AvgIpc) is 3.09. The molecule has 0 bridgehead atoms. The molecule has 0 fully saturated rings. The first-order chi connectivity index (χ1) is 11.8. The lowest BCUT2D eigenvalue weighted by atomic mass is 10.3. The summed E-state index contributed by atoms with van der Waals surface area (Å²) >= 11 is 0. The van der Waals surface area contributed by atoms with Crippen LogP contribution in [0.5, 0.6) is 0 Å². The number of urea groups is 1. The number of carbonyl (C=O) groups is 2. The van der Waals surface area contributed by atoms with Crippen LogP contribution < -0.4 is 11.1 Å². The molecule has 2 aromatic heterocycles. The first-order valence-electron chi connectivity index (χ1n) is 7.51. The third-order valence-corrected chi connectivity index (χ3v) is 3.55. The van der Waals surface area contributed by atoms with Crippen molar-refractivity contribution < 1.29 is 9.59 Å². The molecule has 0 radical (unpaired) electrons. The quantitative estimate of drug-likeness (QED) is 0.683. The highest BCUT2D eigenvalue weighted by Crippen LogP contribution is 2.18. The van der Waals surface area contributed by atoms with Crippen LogP contribution in [0, 0.1) is 6.92 Å². The van der Waals surface area contributed by atoms with Crippen molar-refractivity contribution in [2.24, 2.45) is 0 Å². The zero-order valence-corrected chi connectivity index (χ0v) is 14.1. The van der Waals surface area contributed by atoms with Gasteiger partial charge in [-0.2, -0.15) is 9.90 Å². The van der Waals surface area contributed by atoms with E-state index in [1.165, 1.54) is 20.5 Å². The van der Waals surface area contributed by atoms with Crippen molar-refractivity contribution >= 4 is 34.5 Å². The van der Waals surface area contributed by atoms with Crippen molar-refractivity contribution in [3.05, 3.63) is 30.2 Å². The van der Waals surface area contributed by atoms with Crippen LogP contribution >= 0.6 is 0 Å². The molecule has 0 atom stereocenters. The Labute approximate surface area is 143 Å². The normalized spacial score (nSPS) is 10.8. The Kier molecular flexibility index (Phi) is 4.09. The summed E-state index contributed by atoms with van der Waals surface area (Å²) in [7, 11) is 3.23. The molecule has 0 saturated carbocycles. The lowest BCUT2D eigenvalue weighted by Gasteiger charge is -2.09. The van der Waals surface area contributed by atoms with Gasteiger partial charge in [-0.15, -0.1) is 5.10 Å². The number of anilines is 2. The maximum absolute atomic E-state index is 12.6. The van der Waals surface area contributed by atoms with E-state index in [2.05, 4.69) is 20.5 Å². The molecular weight excluding hydrogens is 324 g/mol. The second-order valence-corrected chi connectivity index (χ2v) is 5.72. The number of hydrogen-bond acceptors (Lipinski definition) is 6. The van der Waals surface area contributed by atoms with E-state index in [0.29, 0.717) is 22.5 Å². The molecule has 3 rings (SSSR count). The fourth-order valence-corrected chi connectivity index (χ4v) is 2.38. The number of nitrogens with two attached hydrogens (primary N) is 1. The summed E-state index contributed by atoms with van der Waals surface area (Å²) in [5.41, 5.74) is 7.66. The summed E-state index contributed by atoms with van der Waals surface area (Å²) in [5.74, 6) is 0.580. The number of imidazole rings is 1. The molecule has 10 nitrogen and oxygen atoms in total. The summed E-state index contributed by atoms with van der Waals surface area (Å²) in [4.78, 5) is 31.2. The van der Waals surface area contributed by atoms with E-state index in [-0.39, 0.29) is 24.3 Å². The highest BCUT2D eigenvalue weighted by Gasteiger charge is 2.16. The number of carbonyl (C=O) groups excluding carboxylic acids is 2. The molecule has 1 aromatic carbocycles. The minimum Gasteiger partial charge on any atom is -0.399 e. The first kappa shape index (κ1) is 16.4. The summed E-state index contributed by atoms with van der Waals surface area (Å²) < 4.78 is 1.50. The van der Waals surface area contributed by atoms with E-state index >= 15 is 0 Å². The van der Waals surface area contributed by atoms with Gasteiger partial charge in [0.2, 0.25) is 0 Å². The molecule has 0 unspecified atom stereocenters. The zero-order chi connectivity index (χ0) is 18.1. The monoisotopic (exact) mass is 342 g/mol. The molecular formula is C15H18N8O2. The fourth-order valence-electron chi connectivity index (χ4n) is 2.38. The number of rotatable bonds is 3. The van der Waals surface area contributed by atoms with Crippen LogP contribution in [0.2, 0.25) is 0 Å². The predicted octanol–water partition coefficient (Wildman–Crippen LogP) is 0.952. The molecule has 25 heavy (non-hydrogen) atoms. The molecule has 0 spiro atoms. The van der Waals surface area contributed by atoms with Crippen LogP contribution in [0.15, 0.2) is 24.4 Å². The number of hydrogen-bond donors (Lipinski definition) is 2. The van der Waals surface area contributed by atoms with E-state index in [9.17, 15) is 9.59 Å². The number of nitrogen functional groups attached to an aromatic ring is 1. The minimum absolute atomic E-state index is 0.0888. The van der Waals surface area contributed by atoms with E-state index in [1.807, 2.05) is 0 Å². The minimum atomic E-state index is -0.326. The third kappa shape index (κ3) is 3.27. The van der Waals surface area contributed by atoms with Gasteiger partial charge in [-0.1, -0.05) is 0 Å². The molecule has 3 aromatic rings. The number of nitrogens with zero attached hydrogens (tertiary/aromatic N) is 6. The molecule has 130 valence electrons. The Morgan fingerprint density at radius 3 is 2.80 bits per heavy atom. The summed E-state index contributed by atoms with van der Waals surface area (Å²) in [6, 6.07) is 4.86. The average molecular weight is 342 g/mol. The Bertz CT molecular complexity index is 956. The fraction of sp³-hybridized carbons (Fsp3) is 0.267. The van der Waals surface area contributed by atoms with Gasteiger partial charge in [-0.05, 0) is 25.1 Å². The SMILES string of the molecule is Cc1nc2cc(N)ccc2n1C(=O)Cn1ncc(NC(=O)N(C)C)n1. The number of benzene rings is 1. The Morgan fingerprint density at radius 2 is 2.08 bits per heavy atom. The maximum atomic E-state index is 12.6. The summed E-state index contributed by atoms with van der Waals surface area (Å²) in [6.45, 7) is 1.65. The highest BCUT2D eigenvalue weighted by atomic mass is 16.2. The second-order valence-electron chi connectivity index (χ2n) is 5.72.